The Balaban J connectivity index is 2.51. The summed E-state index contributed by atoms with van der Waals surface area (Å²) in [6.07, 6.45) is 1.60. The van der Waals surface area contributed by atoms with Gasteiger partial charge in [-0.25, -0.2) is 4.79 Å². The normalized spacial score (nSPS) is 12.3. The summed E-state index contributed by atoms with van der Waals surface area (Å²) < 4.78 is 0.898. The van der Waals surface area contributed by atoms with E-state index in [1.807, 2.05) is 18.2 Å². The van der Waals surface area contributed by atoms with E-state index in [0.717, 1.165) is 15.4 Å². The van der Waals surface area contributed by atoms with Gasteiger partial charge in [-0.15, -0.1) is 0 Å². The van der Waals surface area contributed by atoms with Gasteiger partial charge in [-0.3, -0.25) is 4.79 Å². The molecule has 0 saturated heterocycles. The van der Waals surface area contributed by atoms with Crippen LogP contribution in [0.4, 0.5) is 0 Å². The van der Waals surface area contributed by atoms with Gasteiger partial charge in [0.1, 0.15) is 0 Å². The van der Waals surface area contributed by atoms with Crippen LogP contribution in [0.5, 0.6) is 0 Å². The average molecular weight is 311 g/mol. The van der Waals surface area contributed by atoms with Crippen molar-refractivity contribution in [2.24, 2.45) is 0 Å². The van der Waals surface area contributed by atoms with Crippen LogP contribution in [-0.2, 0) is 9.59 Å². The molecule has 0 unspecified atom stereocenters. The van der Waals surface area contributed by atoms with Crippen LogP contribution >= 0.6 is 15.9 Å². The van der Waals surface area contributed by atoms with Gasteiger partial charge in [-0.05, 0) is 12.1 Å². The summed E-state index contributed by atoms with van der Waals surface area (Å²) in [4.78, 5) is 25.3. The molecule has 2 aromatic rings. The third-order valence-corrected chi connectivity index (χ3v) is 3.07. The predicted octanol–water partition coefficient (Wildman–Crippen LogP) is 2.19. The van der Waals surface area contributed by atoms with Gasteiger partial charge in [0.25, 0.3) is 0 Å². The highest BCUT2D eigenvalue weighted by atomic mass is 79.9. The molecule has 0 aliphatic heterocycles. The van der Waals surface area contributed by atoms with Gasteiger partial charge in [0.05, 0.1) is 0 Å². The third kappa shape index (κ3) is 2.38. The first-order valence-corrected chi connectivity index (χ1v) is 6.05. The molecule has 0 bridgehead atoms. The number of aromatic nitrogens is 1. The average Bonchev–Trinajstić information content (AvgIpc) is 2.67. The van der Waals surface area contributed by atoms with Crippen molar-refractivity contribution in [3.8, 4) is 0 Å². The van der Waals surface area contributed by atoms with Crippen molar-refractivity contribution in [1.29, 1.82) is 0 Å². The fourth-order valence-electron chi connectivity index (χ4n) is 1.84. The fourth-order valence-corrected chi connectivity index (χ4v) is 2.20. The Labute approximate surface area is 111 Å². The second kappa shape index (κ2) is 4.81. The van der Waals surface area contributed by atoms with Crippen LogP contribution in [0.1, 0.15) is 18.5 Å². The second-order valence-electron chi connectivity index (χ2n) is 3.91. The minimum atomic E-state index is -1.09. The number of carboxylic acid groups (broad SMARTS) is 1. The molecule has 0 aliphatic carbocycles. The largest absolute Gasteiger partial charge is 0.479 e. The zero-order valence-corrected chi connectivity index (χ0v) is 11.1. The smallest absolute Gasteiger partial charge is 0.330 e. The molecule has 6 heteroatoms. The Morgan fingerprint density at radius 2 is 2.17 bits per heavy atom. The molecule has 0 spiro atoms. The highest BCUT2D eigenvalue weighted by Crippen LogP contribution is 2.26. The number of rotatable bonds is 3. The summed E-state index contributed by atoms with van der Waals surface area (Å²) in [6.45, 7) is 1.29. The van der Waals surface area contributed by atoms with E-state index >= 15 is 0 Å². The number of benzene rings is 1. The summed E-state index contributed by atoms with van der Waals surface area (Å²) in [7, 11) is 0. The SMILES string of the molecule is CC(=O)N[C@@H](C(=O)O)c1c[nH]c2cc(Br)ccc12. The lowest BCUT2D eigenvalue weighted by atomic mass is 10.1. The van der Waals surface area contributed by atoms with Gasteiger partial charge >= 0.3 is 5.97 Å². The monoisotopic (exact) mass is 310 g/mol. The molecule has 0 fully saturated rings. The molecule has 1 amide bonds. The van der Waals surface area contributed by atoms with Crippen molar-refractivity contribution >= 4 is 38.7 Å². The van der Waals surface area contributed by atoms with E-state index in [1.165, 1.54) is 6.92 Å². The molecule has 2 rings (SSSR count). The molecule has 1 atom stereocenters. The van der Waals surface area contributed by atoms with E-state index in [0.29, 0.717) is 5.56 Å². The Morgan fingerprint density at radius 1 is 1.44 bits per heavy atom. The Morgan fingerprint density at radius 3 is 2.78 bits per heavy atom. The van der Waals surface area contributed by atoms with Crippen LogP contribution in [0.2, 0.25) is 0 Å². The standard InChI is InChI=1S/C12H11BrN2O3/c1-6(16)15-11(12(17)18)9-5-14-10-4-7(13)2-3-8(9)10/h2-5,11,14H,1H3,(H,15,16)(H,17,18)/t11-/m1/s1. The first kappa shape index (κ1) is 12.6. The molecule has 0 aliphatic rings. The molecule has 94 valence electrons. The molecular formula is C12H11BrN2O3. The number of aliphatic carboxylic acids is 1. The summed E-state index contributed by atoms with van der Waals surface area (Å²) in [6, 6.07) is 4.44. The van der Waals surface area contributed by atoms with Gasteiger partial charge < -0.3 is 15.4 Å². The van der Waals surface area contributed by atoms with E-state index in [2.05, 4.69) is 26.2 Å². The van der Waals surface area contributed by atoms with Crippen LogP contribution in [-0.4, -0.2) is 22.0 Å². The fraction of sp³-hybridized carbons (Fsp3) is 0.167. The summed E-state index contributed by atoms with van der Waals surface area (Å²) in [5.74, 6) is -1.47. The number of hydrogen-bond donors (Lipinski definition) is 3. The van der Waals surface area contributed by atoms with Crippen molar-refractivity contribution in [2.45, 2.75) is 13.0 Å². The van der Waals surface area contributed by atoms with Crippen LogP contribution < -0.4 is 5.32 Å². The number of hydrogen-bond acceptors (Lipinski definition) is 2. The van der Waals surface area contributed by atoms with Crippen LogP contribution in [0.15, 0.2) is 28.9 Å². The molecule has 1 aromatic heterocycles. The number of amides is 1. The zero-order chi connectivity index (χ0) is 13.3. The van der Waals surface area contributed by atoms with E-state index in [4.69, 9.17) is 0 Å². The molecule has 0 saturated carbocycles. The summed E-state index contributed by atoms with van der Waals surface area (Å²) in [5, 5.41) is 12.4. The zero-order valence-electron chi connectivity index (χ0n) is 9.53. The highest BCUT2D eigenvalue weighted by molar-refractivity contribution is 9.10. The molecule has 1 aromatic carbocycles. The van der Waals surface area contributed by atoms with Crippen molar-refractivity contribution in [1.82, 2.24) is 10.3 Å². The number of aromatic amines is 1. The number of fused-ring (bicyclic) bond motifs is 1. The van der Waals surface area contributed by atoms with Gasteiger partial charge in [0.15, 0.2) is 6.04 Å². The maximum Gasteiger partial charge on any atom is 0.330 e. The lowest BCUT2D eigenvalue weighted by Gasteiger charge is -2.12. The number of H-pyrrole nitrogens is 1. The number of carbonyl (C=O) groups excluding carboxylic acids is 1. The highest BCUT2D eigenvalue weighted by Gasteiger charge is 2.23. The second-order valence-corrected chi connectivity index (χ2v) is 4.82. The van der Waals surface area contributed by atoms with E-state index < -0.39 is 12.0 Å². The van der Waals surface area contributed by atoms with E-state index in [1.54, 1.807) is 6.20 Å². The summed E-state index contributed by atoms with van der Waals surface area (Å²) in [5.41, 5.74) is 1.36. The topological polar surface area (TPSA) is 82.2 Å². The minimum absolute atomic E-state index is 0.381. The van der Waals surface area contributed by atoms with Gasteiger partial charge in [0, 0.05) is 34.1 Å². The van der Waals surface area contributed by atoms with Gasteiger partial charge in [0.2, 0.25) is 5.91 Å². The third-order valence-electron chi connectivity index (χ3n) is 2.58. The van der Waals surface area contributed by atoms with Crippen LogP contribution in [0.3, 0.4) is 0 Å². The van der Waals surface area contributed by atoms with Crippen LogP contribution in [0, 0.1) is 0 Å². The Hall–Kier alpha value is -1.82. The molecule has 5 nitrogen and oxygen atoms in total. The van der Waals surface area contributed by atoms with E-state index in [9.17, 15) is 14.7 Å². The summed E-state index contributed by atoms with van der Waals surface area (Å²) >= 11 is 3.34. The number of halogens is 1. The van der Waals surface area contributed by atoms with Crippen LogP contribution in [0.25, 0.3) is 10.9 Å². The van der Waals surface area contributed by atoms with E-state index in [-0.39, 0.29) is 5.91 Å². The molecular weight excluding hydrogens is 300 g/mol. The number of carbonyl (C=O) groups is 2. The van der Waals surface area contributed by atoms with Gasteiger partial charge in [-0.1, -0.05) is 22.0 Å². The predicted molar refractivity (Wildman–Crippen MR) is 70.2 cm³/mol. The van der Waals surface area contributed by atoms with Crippen molar-refractivity contribution < 1.29 is 14.7 Å². The Kier molecular flexibility index (Phi) is 3.38. The molecule has 1 heterocycles. The molecule has 3 N–H and O–H groups in total. The first-order chi connectivity index (χ1) is 8.49. The van der Waals surface area contributed by atoms with Crippen molar-refractivity contribution in [3.63, 3.8) is 0 Å². The first-order valence-electron chi connectivity index (χ1n) is 5.25. The quantitative estimate of drug-likeness (QED) is 0.812. The number of carboxylic acids is 1. The van der Waals surface area contributed by atoms with Crippen molar-refractivity contribution in [2.75, 3.05) is 0 Å². The lowest BCUT2D eigenvalue weighted by Crippen LogP contribution is -2.31. The lowest BCUT2D eigenvalue weighted by molar-refractivity contribution is -0.141. The number of nitrogens with one attached hydrogen (secondary N) is 2. The maximum atomic E-state index is 11.2. The van der Waals surface area contributed by atoms with Gasteiger partial charge in [-0.2, -0.15) is 0 Å². The van der Waals surface area contributed by atoms with Crippen molar-refractivity contribution in [3.05, 3.63) is 34.4 Å². The minimum Gasteiger partial charge on any atom is -0.479 e. The Bertz CT molecular complexity index is 621. The maximum absolute atomic E-state index is 11.2. The molecule has 18 heavy (non-hydrogen) atoms. The molecule has 0 radical (unpaired) electrons.